The normalized spacial score (nSPS) is 13.9. The van der Waals surface area contributed by atoms with E-state index in [1.165, 1.54) is 12.1 Å². The smallest absolute Gasteiger partial charge is 0.264 e. The summed E-state index contributed by atoms with van der Waals surface area (Å²) in [7, 11) is -4.39. The summed E-state index contributed by atoms with van der Waals surface area (Å²) in [5, 5.41) is 24.5. The Balaban J connectivity index is 1.08. The van der Waals surface area contributed by atoms with E-state index in [2.05, 4.69) is 43.0 Å². The molecule has 5 aromatic carbocycles. The number of aldehydes is 1. The number of amides is 2. The maximum absolute atomic E-state index is 13.8. The van der Waals surface area contributed by atoms with E-state index in [0.29, 0.717) is 68.0 Å². The van der Waals surface area contributed by atoms with E-state index in [-0.39, 0.29) is 42.2 Å². The highest BCUT2D eigenvalue weighted by molar-refractivity contribution is 7.99. The average Bonchev–Trinajstić information content (AvgIpc) is 3.32. The van der Waals surface area contributed by atoms with Gasteiger partial charge in [-0.3, -0.25) is 14.5 Å². The minimum Gasteiger partial charge on any atom is -0.396 e. The predicted octanol–water partition coefficient (Wildman–Crippen LogP) is 6.79. The Labute approximate surface area is 391 Å². The van der Waals surface area contributed by atoms with Crippen molar-refractivity contribution in [3.8, 4) is 11.1 Å². The molecule has 6 N–H and O–H groups in total. The van der Waals surface area contributed by atoms with Gasteiger partial charge in [0.1, 0.15) is 6.29 Å². The highest BCUT2D eigenvalue weighted by Gasteiger charge is 2.25. The molecule has 1 aliphatic rings. The molecule has 16 heteroatoms. The highest BCUT2D eigenvalue weighted by atomic mass is 35.5. The van der Waals surface area contributed by atoms with Gasteiger partial charge in [0, 0.05) is 103 Å². The van der Waals surface area contributed by atoms with Crippen molar-refractivity contribution < 1.29 is 32.6 Å². The molecule has 5 aromatic rings. The molecule has 0 saturated carbocycles. The molecule has 1 unspecified atom stereocenters. The molecule has 0 radical (unpaired) electrons. The Bertz CT molecular complexity index is 2400. The van der Waals surface area contributed by atoms with Crippen molar-refractivity contribution in [1.82, 2.24) is 20.3 Å². The quantitative estimate of drug-likeness (QED) is 0.0206. The van der Waals surface area contributed by atoms with Crippen LogP contribution in [-0.4, -0.2) is 107 Å². The summed E-state index contributed by atoms with van der Waals surface area (Å²) in [6, 6.07) is 36.3. The summed E-state index contributed by atoms with van der Waals surface area (Å²) in [6.45, 7) is 5.74. The fourth-order valence-corrected chi connectivity index (χ4v) is 9.51. The van der Waals surface area contributed by atoms with Crippen molar-refractivity contribution in [2.24, 2.45) is 0 Å². The van der Waals surface area contributed by atoms with Crippen LogP contribution >= 0.6 is 23.4 Å². The first-order chi connectivity index (χ1) is 31.6. The Morgan fingerprint density at radius 1 is 0.877 bits per heavy atom. The van der Waals surface area contributed by atoms with Crippen molar-refractivity contribution in [3.63, 3.8) is 0 Å². The molecule has 65 heavy (non-hydrogen) atoms. The van der Waals surface area contributed by atoms with E-state index in [9.17, 15) is 27.9 Å². The van der Waals surface area contributed by atoms with Crippen LogP contribution in [0.3, 0.4) is 0 Å². The third kappa shape index (κ3) is 15.4. The number of aliphatic hydroxyl groups excluding tert-OH is 1. The van der Waals surface area contributed by atoms with Gasteiger partial charge in [-0.2, -0.15) is 0 Å². The van der Waals surface area contributed by atoms with Crippen LogP contribution in [0.2, 0.25) is 5.02 Å². The number of rotatable bonds is 25. The number of nitrogens with one attached hydrogen (secondary N) is 5. The lowest BCUT2D eigenvalue weighted by Gasteiger charge is -2.27. The SMILES string of the molecule is O=CCCC(CO)c1cc(S(=O)(=O)NC(=O)c2ccc(NCCNCc3ccccc3-c3ccc(Cl)cc3)cc2)ccc1N[C@@H](CSc1ccccc1)CC(=O)NCCN1CCOCC1. The van der Waals surface area contributed by atoms with E-state index in [0.717, 1.165) is 46.6 Å². The number of nitrogens with zero attached hydrogens (tertiary/aromatic N) is 1. The van der Waals surface area contributed by atoms with E-state index in [1.54, 1.807) is 42.1 Å². The topological polar surface area (TPSA) is 178 Å². The summed E-state index contributed by atoms with van der Waals surface area (Å²) in [5.74, 6) is -1.06. The zero-order valence-corrected chi connectivity index (χ0v) is 38.6. The van der Waals surface area contributed by atoms with Crippen LogP contribution in [0.4, 0.5) is 11.4 Å². The summed E-state index contributed by atoms with van der Waals surface area (Å²) in [5.41, 5.74) is 5.25. The van der Waals surface area contributed by atoms with Crippen LogP contribution in [0.25, 0.3) is 11.1 Å². The number of ether oxygens (including phenoxy) is 1. The molecule has 6 rings (SSSR count). The molecule has 344 valence electrons. The maximum Gasteiger partial charge on any atom is 0.264 e. The number of carbonyl (C=O) groups excluding carboxylic acids is 3. The third-order valence-corrected chi connectivity index (χ3v) is 13.7. The lowest BCUT2D eigenvalue weighted by molar-refractivity contribution is -0.121. The molecule has 0 aromatic heterocycles. The first-order valence-corrected chi connectivity index (χ1v) is 24.6. The monoisotopic (exact) mass is 940 g/mol. The average molecular weight is 942 g/mol. The number of thioether (sulfide) groups is 1. The standard InChI is InChI=1S/C49H57ClN6O7S2/c50-40-16-12-36(13-17-40)45-11-5-4-7-38(45)33-51-22-23-52-41-18-14-37(15-19-41)49(60)55-65(61,62)44-20-21-47(46(32-44)39(34-58)8-6-28-57)54-42(35-64-43-9-2-1-3-10-43)31-48(59)53-24-25-56-26-29-63-30-27-56/h1-5,7,9-21,28,32,39,42,51-52,54,58H,6,8,22-27,29-31,33-35H2,(H,53,59)(H,55,60)/t39?,42-/m1/s1. The van der Waals surface area contributed by atoms with Gasteiger partial charge in [0.2, 0.25) is 5.91 Å². The van der Waals surface area contributed by atoms with E-state index >= 15 is 0 Å². The number of halogens is 1. The van der Waals surface area contributed by atoms with Crippen LogP contribution in [0.5, 0.6) is 0 Å². The lowest BCUT2D eigenvalue weighted by atomic mass is 9.93. The van der Waals surface area contributed by atoms with Gasteiger partial charge in [0.25, 0.3) is 15.9 Å². The molecular formula is C49H57ClN6O7S2. The van der Waals surface area contributed by atoms with Gasteiger partial charge >= 0.3 is 0 Å². The lowest BCUT2D eigenvalue weighted by Crippen LogP contribution is -2.42. The Hall–Kier alpha value is -5.26. The molecule has 2 atom stereocenters. The third-order valence-electron chi connectivity index (χ3n) is 11.0. The molecule has 1 saturated heterocycles. The maximum atomic E-state index is 13.8. The number of aliphatic hydroxyl groups is 1. The van der Waals surface area contributed by atoms with Gasteiger partial charge in [-0.1, -0.05) is 66.2 Å². The molecule has 1 heterocycles. The van der Waals surface area contributed by atoms with Crippen molar-refractivity contribution >= 4 is 62.9 Å². The van der Waals surface area contributed by atoms with Crippen LogP contribution < -0.4 is 26.0 Å². The molecular weight excluding hydrogens is 884 g/mol. The van der Waals surface area contributed by atoms with Crippen molar-refractivity contribution in [1.29, 1.82) is 0 Å². The second-order valence-corrected chi connectivity index (χ2v) is 18.8. The van der Waals surface area contributed by atoms with Crippen LogP contribution in [0, 0.1) is 0 Å². The van der Waals surface area contributed by atoms with Crippen molar-refractivity contribution in [3.05, 3.63) is 143 Å². The number of anilines is 2. The molecule has 13 nitrogen and oxygen atoms in total. The summed E-state index contributed by atoms with van der Waals surface area (Å²) in [6.07, 6.45) is 1.27. The zero-order valence-electron chi connectivity index (χ0n) is 36.2. The Kier molecular flexibility index (Phi) is 19.2. The molecule has 0 aliphatic carbocycles. The predicted molar refractivity (Wildman–Crippen MR) is 259 cm³/mol. The number of morpholine rings is 1. The van der Waals surface area contributed by atoms with Crippen molar-refractivity contribution in [2.45, 2.75) is 47.6 Å². The van der Waals surface area contributed by atoms with Gasteiger partial charge in [-0.15, -0.1) is 11.8 Å². The molecule has 1 fully saturated rings. The van der Waals surface area contributed by atoms with Gasteiger partial charge in [-0.25, -0.2) is 13.1 Å². The number of hydrogen-bond donors (Lipinski definition) is 6. The summed E-state index contributed by atoms with van der Waals surface area (Å²) in [4.78, 5) is 41.1. The van der Waals surface area contributed by atoms with Crippen LogP contribution in [0.15, 0.2) is 131 Å². The summed E-state index contributed by atoms with van der Waals surface area (Å²) >= 11 is 7.66. The number of carbonyl (C=O) groups is 3. The molecule has 1 aliphatic heterocycles. The highest BCUT2D eigenvalue weighted by Crippen LogP contribution is 2.32. The first-order valence-electron chi connectivity index (χ1n) is 21.8. The molecule has 0 spiro atoms. The molecule has 0 bridgehead atoms. The van der Waals surface area contributed by atoms with Gasteiger partial charge in [-0.05, 0) is 95.4 Å². The largest absolute Gasteiger partial charge is 0.396 e. The van der Waals surface area contributed by atoms with Crippen LogP contribution in [0.1, 0.15) is 46.7 Å². The second kappa shape index (κ2) is 25.4. The van der Waals surface area contributed by atoms with E-state index in [1.807, 2.05) is 66.7 Å². The number of benzene rings is 5. The molecule has 2 amide bonds. The fraction of sp³-hybridized carbons (Fsp3) is 0.327. The number of sulfonamides is 1. The number of hydrogen-bond acceptors (Lipinski definition) is 12. The van der Waals surface area contributed by atoms with E-state index in [4.69, 9.17) is 16.3 Å². The Morgan fingerprint density at radius 3 is 2.35 bits per heavy atom. The zero-order chi connectivity index (χ0) is 45.9. The van der Waals surface area contributed by atoms with Crippen molar-refractivity contribution in [2.75, 3.05) is 75.5 Å². The second-order valence-electron chi connectivity index (χ2n) is 15.6. The van der Waals surface area contributed by atoms with Gasteiger partial charge < -0.3 is 35.9 Å². The minimum atomic E-state index is -4.39. The van der Waals surface area contributed by atoms with Gasteiger partial charge in [0.15, 0.2) is 0 Å². The summed E-state index contributed by atoms with van der Waals surface area (Å²) < 4.78 is 35.2. The minimum absolute atomic E-state index is 0.128. The first kappa shape index (κ1) is 49.2. The Morgan fingerprint density at radius 2 is 1.62 bits per heavy atom. The van der Waals surface area contributed by atoms with Gasteiger partial charge in [0.05, 0.1) is 24.7 Å². The van der Waals surface area contributed by atoms with E-state index < -0.39 is 27.9 Å². The fourth-order valence-electron chi connectivity index (χ4n) is 7.43. The van der Waals surface area contributed by atoms with Crippen LogP contribution in [-0.2, 0) is 30.9 Å².